The minimum atomic E-state index is -0.182. The molecule has 0 bridgehead atoms. The Kier molecular flexibility index (Phi) is 4.61. The van der Waals surface area contributed by atoms with Gasteiger partial charge in [-0.2, -0.15) is 0 Å². The van der Waals surface area contributed by atoms with Gasteiger partial charge in [-0.1, -0.05) is 18.7 Å². The number of aryl methyl sites for hydroxylation is 1. The number of nitrogen functional groups attached to an aromatic ring is 1. The molecule has 2 rings (SSSR count). The van der Waals surface area contributed by atoms with Crippen LogP contribution in [0.15, 0.2) is 55.1 Å². The summed E-state index contributed by atoms with van der Waals surface area (Å²) >= 11 is 0. The molecule has 108 valence electrons. The van der Waals surface area contributed by atoms with Crippen LogP contribution in [0.4, 0.5) is 11.4 Å². The van der Waals surface area contributed by atoms with Gasteiger partial charge in [-0.05, 0) is 42.8 Å². The number of ether oxygens (including phenoxy) is 1. The lowest BCUT2D eigenvalue weighted by Gasteiger charge is -2.09. The third-order valence-corrected chi connectivity index (χ3v) is 2.99. The van der Waals surface area contributed by atoms with Gasteiger partial charge >= 0.3 is 0 Å². The highest BCUT2D eigenvalue weighted by molar-refractivity contribution is 6.04. The van der Waals surface area contributed by atoms with Crippen molar-refractivity contribution in [1.29, 1.82) is 0 Å². The number of hydrogen-bond acceptors (Lipinski definition) is 3. The number of anilines is 2. The van der Waals surface area contributed by atoms with Gasteiger partial charge in [0.1, 0.15) is 12.4 Å². The van der Waals surface area contributed by atoms with Crippen LogP contribution in [0.3, 0.4) is 0 Å². The molecule has 0 aliphatic carbocycles. The first-order valence-corrected chi connectivity index (χ1v) is 6.61. The lowest BCUT2D eigenvalue weighted by atomic mass is 10.1. The van der Waals surface area contributed by atoms with Crippen molar-refractivity contribution < 1.29 is 9.53 Å². The summed E-state index contributed by atoms with van der Waals surface area (Å²) in [5, 5.41) is 2.84. The van der Waals surface area contributed by atoms with Crippen molar-refractivity contribution in [2.75, 3.05) is 17.7 Å². The smallest absolute Gasteiger partial charge is 0.255 e. The van der Waals surface area contributed by atoms with Crippen molar-refractivity contribution in [1.82, 2.24) is 0 Å². The van der Waals surface area contributed by atoms with Crippen LogP contribution in [0.2, 0.25) is 0 Å². The predicted octanol–water partition coefficient (Wildman–Crippen LogP) is 3.39. The van der Waals surface area contributed by atoms with Gasteiger partial charge < -0.3 is 15.8 Å². The van der Waals surface area contributed by atoms with Crippen molar-refractivity contribution in [3.63, 3.8) is 0 Å². The number of nitrogens with one attached hydrogen (secondary N) is 1. The molecular weight excluding hydrogens is 264 g/mol. The van der Waals surface area contributed by atoms with E-state index < -0.39 is 0 Å². The van der Waals surface area contributed by atoms with E-state index in [2.05, 4.69) is 11.9 Å². The first kappa shape index (κ1) is 14.7. The Bertz CT molecular complexity index is 666. The Labute approximate surface area is 124 Å². The maximum Gasteiger partial charge on any atom is 0.255 e. The fourth-order valence-corrected chi connectivity index (χ4v) is 1.84. The molecule has 2 aromatic rings. The van der Waals surface area contributed by atoms with Crippen LogP contribution in [0.1, 0.15) is 15.9 Å². The topological polar surface area (TPSA) is 64.3 Å². The van der Waals surface area contributed by atoms with E-state index in [1.807, 2.05) is 25.1 Å². The number of nitrogens with two attached hydrogens (primary N) is 1. The predicted molar refractivity (Wildman–Crippen MR) is 85.7 cm³/mol. The molecule has 0 aliphatic heterocycles. The van der Waals surface area contributed by atoms with Crippen molar-refractivity contribution in [2.24, 2.45) is 0 Å². The van der Waals surface area contributed by atoms with Crippen LogP contribution in [-0.4, -0.2) is 12.5 Å². The SMILES string of the molecule is C=CCOc1cccc(NC(=O)c2ccc(N)c(C)c2)c1. The van der Waals surface area contributed by atoms with E-state index in [9.17, 15) is 4.79 Å². The molecule has 0 spiro atoms. The Balaban J connectivity index is 2.11. The van der Waals surface area contributed by atoms with Crippen LogP contribution in [0.25, 0.3) is 0 Å². The molecule has 0 saturated carbocycles. The van der Waals surface area contributed by atoms with Gasteiger partial charge in [0, 0.05) is 23.0 Å². The second-order valence-electron chi connectivity index (χ2n) is 4.65. The van der Waals surface area contributed by atoms with E-state index in [1.165, 1.54) is 0 Å². The lowest BCUT2D eigenvalue weighted by molar-refractivity contribution is 0.102. The second-order valence-corrected chi connectivity index (χ2v) is 4.65. The average molecular weight is 282 g/mol. The van der Waals surface area contributed by atoms with Crippen LogP contribution in [0, 0.1) is 6.92 Å². The molecule has 4 heteroatoms. The summed E-state index contributed by atoms with van der Waals surface area (Å²) in [7, 11) is 0. The minimum absolute atomic E-state index is 0.182. The first-order valence-electron chi connectivity index (χ1n) is 6.61. The number of carbonyl (C=O) groups is 1. The van der Waals surface area contributed by atoms with E-state index in [0.717, 1.165) is 5.56 Å². The molecule has 1 amide bonds. The molecule has 0 heterocycles. The number of hydrogen-bond donors (Lipinski definition) is 2. The van der Waals surface area contributed by atoms with E-state index in [0.29, 0.717) is 29.3 Å². The van der Waals surface area contributed by atoms with E-state index in [1.54, 1.807) is 30.3 Å². The summed E-state index contributed by atoms with van der Waals surface area (Å²) in [6.07, 6.45) is 1.67. The lowest BCUT2D eigenvalue weighted by Crippen LogP contribution is -2.12. The quantitative estimate of drug-likeness (QED) is 0.652. The van der Waals surface area contributed by atoms with E-state index in [-0.39, 0.29) is 5.91 Å². The highest BCUT2D eigenvalue weighted by Gasteiger charge is 2.07. The minimum Gasteiger partial charge on any atom is -0.489 e. The van der Waals surface area contributed by atoms with E-state index in [4.69, 9.17) is 10.5 Å². The first-order chi connectivity index (χ1) is 10.1. The fraction of sp³-hybridized carbons (Fsp3) is 0.118. The summed E-state index contributed by atoms with van der Waals surface area (Å²) in [5.74, 6) is 0.500. The van der Waals surface area contributed by atoms with Gasteiger partial charge in [0.2, 0.25) is 0 Å². The van der Waals surface area contributed by atoms with Crippen LogP contribution >= 0.6 is 0 Å². The molecule has 0 aromatic heterocycles. The summed E-state index contributed by atoms with van der Waals surface area (Å²) in [6.45, 7) is 5.89. The van der Waals surface area contributed by atoms with E-state index >= 15 is 0 Å². The molecule has 4 nitrogen and oxygen atoms in total. The number of rotatable bonds is 5. The molecule has 2 aromatic carbocycles. The molecule has 0 aliphatic rings. The monoisotopic (exact) mass is 282 g/mol. The summed E-state index contributed by atoms with van der Waals surface area (Å²) in [4.78, 5) is 12.2. The normalized spacial score (nSPS) is 9.95. The third kappa shape index (κ3) is 3.86. The van der Waals surface area contributed by atoms with Gasteiger partial charge in [0.05, 0.1) is 0 Å². The third-order valence-electron chi connectivity index (χ3n) is 2.99. The highest BCUT2D eigenvalue weighted by Crippen LogP contribution is 2.19. The Morgan fingerprint density at radius 3 is 2.86 bits per heavy atom. The van der Waals surface area contributed by atoms with Gasteiger partial charge in [-0.25, -0.2) is 0 Å². The van der Waals surface area contributed by atoms with Gasteiger partial charge in [-0.3, -0.25) is 4.79 Å². The zero-order valence-corrected chi connectivity index (χ0v) is 11.9. The van der Waals surface area contributed by atoms with Gasteiger partial charge in [-0.15, -0.1) is 0 Å². The molecule has 3 N–H and O–H groups in total. The number of benzene rings is 2. The number of amides is 1. The molecule has 21 heavy (non-hydrogen) atoms. The fourth-order valence-electron chi connectivity index (χ4n) is 1.84. The van der Waals surface area contributed by atoms with Gasteiger partial charge in [0.25, 0.3) is 5.91 Å². The molecular formula is C17H18N2O2. The summed E-state index contributed by atoms with van der Waals surface area (Å²) in [6, 6.07) is 12.4. The van der Waals surface area contributed by atoms with Crippen molar-refractivity contribution >= 4 is 17.3 Å². The van der Waals surface area contributed by atoms with Crippen molar-refractivity contribution in [3.05, 3.63) is 66.2 Å². The Hall–Kier alpha value is -2.75. The Morgan fingerprint density at radius 1 is 1.33 bits per heavy atom. The van der Waals surface area contributed by atoms with Crippen molar-refractivity contribution in [3.8, 4) is 5.75 Å². The molecule has 0 unspecified atom stereocenters. The van der Waals surface area contributed by atoms with Gasteiger partial charge in [0.15, 0.2) is 0 Å². The summed E-state index contributed by atoms with van der Waals surface area (Å²) in [5.41, 5.74) is 8.55. The van der Waals surface area contributed by atoms with Crippen LogP contribution in [-0.2, 0) is 0 Å². The van der Waals surface area contributed by atoms with Crippen LogP contribution in [0.5, 0.6) is 5.75 Å². The van der Waals surface area contributed by atoms with Crippen molar-refractivity contribution in [2.45, 2.75) is 6.92 Å². The van der Waals surface area contributed by atoms with Crippen LogP contribution < -0.4 is 15.8 Å². The molecule has 0 fully saturated rings. The zero-order valence-electron chi connectivity index (χ0n) is 11.9. The molecule has 0 saturated heterocycles. The Morgan fingerprint density at radius 2 is 2.14 bits per heavy atom. The molecule has 0 radical (unpaired) electrons. The molecule has 0 atom stereocenters. The average Bonchev–Trinajstić information content (AvgIpc) is 2.48. The largest absolute Gasteiger partial charge is 0.489 e. The standard InChI is InChI=1S/C17H18N2O2/c1-3-9-21-15-6-4-5-14(11-15)19-17(20)13-7-8-16(18)12(2)10-13/h3-8,10-11H,1,9,18H2,2H3,(H,19,20). The maximum absolute atomic E-state index is 12.2. The zero-order chi connectivity index (χ0) is 15.2. The number of carbonyl (C=O) groups excluding carboxylic acids is 1. The maximum atomic E-state index is 12.2. The second kappa shape index (κ2) is 6.61. The summed E-state index contributed by atoms with van der Waals surface area (Å²) < 4.78 is 5.43. The highest BCUT2D eigenvalue weighted by atomic mass is 16.5.